The molecule has 0 radical (unpaired) electrons. The maximum atomic E-state index is 12.2. The van der Waals surface area contributed by atoms with Crippen molar-refractivity contribution in [3.05, 3.63) is 16.7 Å². The van der Waals surface area contributed by atoms with Gasteiger partial charge in [0.2, 0.25) is 5.95 Å². The van der Waals surface area contributed by atoms with Crippen LogP contribution in [-0.4, -0.2) is 45.7 Å². The summed E-state index contributed by atoms with van der Waals surface area (Å²) in [5.41, 5.74) is 5.66. The second-order valence-corrected chi connectivity index (χ2v) is 6.54. The Morgan fingerprint density at radius 1 is 1.35 bits per heavy atom. The molecule has 0 spiro atoms. The van der Waals surface area contributed by atoms with Gasteiger partial charge in [-0.3, -0.25) is 14.3 Å². The van der Waals surface area contributed by atoms with Crippen LogP contribution >= 0.6 is 7.60 Å². The molecule has 0 saturated heterocycles. The summed E-state index contributed by atoms with van der Waals surface area (Å²) in [6.45, 7) is 4.55. The van der Waals surface area contributed by atoms with E-state index in [1.165, 1.54) is 6.33 Å². The number of nitrogens with one attached hydrogen (secondary N) is 1. The molecule has 23 heavy (non-hydrogen) atoms. The molecule has 2 aromatic rings. The first-order valence-corrected chi connectivity index (χ1v) is 8.88. The van der Waals surface area contributed by atoms with Crippen molar-refractivity contribution >= 4 is 24.7 Å². The van der Waals surface area contributed by atoms with Crippen LogP contribution in [0.5, 0.6) is 0 Å². The Kier molecular flexibility index (Phi) is 5.89. The van der Waals surface area contributed by atoms with Crippen LogP contribution in [0.3, 0.4) is 0 Å². The monoisotopic (exact) mass is 345 g/mol. The number of aromatic amines is 1. The summed E-state index contributed by atoms with van der Waals surface area (Å²) < 4.78 is 29.4. The minimum Gasteiger partial charge on any atom is -0.369 e. The highest BCUT2D eigenvalue weighted by Gasteiger charge is 2.23. The van der Waals surface area contributed by atoms with Crippen LogP contribution < -0.4 is 11.3 Å². The number of anilines is 1. The predicted octanol–water partition coefficient (Wildman–Crippen LogP) is 0.942. The normalized spacial score (nSPS) is 12.1. The van der Waals surface area contributed by atoms with E-state index in [0.717, 1.165) is 0 Å². The summed E-state index contributed by atoms with van der Waals surface area (Å²) in [7, 11) is -3.23. The molecule has 11 heteroatoms. The predicted molar refractivity (Wildman–Crippen MR) is 84.2 cm³/mol. The summed E-state index contributed by atoms with van der Waals surface area (Å²) in [4.78, 5) is 22.3. The Morgan fingerprint density at radius 2 is 2.04 bits per heavy atom. The third-order valence-corrected chi connectivity index (χ3v) is 4.68. The SMILES string of the molecule is CCOP(=O)(COCCn1cnc2nc(N)[nH]c(=O)c21)OCC. The van der Waals surface area contributed by atoms with Crippen molar-refractivity contribution < 1.29 is 18.3 Å². The number of hydrogen-bond donors (Lipinski definition) is 2. The van der Waals surface area contributed by atoms with Gasteiger partial charge in [-0.2, -0.15) is 4.98 Å². The average molecular weight is 345 g/mol. The van der Waals surface area contributed by atoms with Gasteiger partial charge in [0.15, 0.2) is 11.2 Å². The van der Waals surface area contributed by atoms with Crippen molar-refractivity contribution in [2.75, 3.05) is 31.9 Å². The van der Waals surface area contributed by atoms with Crippen molar-refractivity contribution in [2.24, 2.45) is 0 Å². The number of imidazole rings is 1. The van der Waals surface area contributed by atoms with E-state index in [1.807, 2.05) is 0 Å². The van der Waals surface area contributed by atoms with Gasteiger partial charge in [-0.25, -0.2) is 4.98 Å². The van der Waals surface area contributed by atoms with Gasteiger partial charge in [0.1, 0.15) is 6.35 Å². The lowest BCUT2D eigenvalue weighted by molar-refractivity contribution is 0.127. The number of aromatic nitrogens is 4. The molecule has 0 amide bonds. The Bertz CT molecular complexity index is 748. The first-order valence-electron chi connectivity index (χ1n) is 7.15. The fourth-order valence-corrected chi connectivity index (χ4v) is 3.38. The highest BCUT2D eigenvalue weighted by atomic mass is 31.2. The van der Waals surface area contributed by atoms with E-state index < -0.39 is 7.60 Å². The van der Waals surface area contributed by atoms with E-state index in [4.69, 9.17) is 19.5 Å². The fourth-order valence-electron chi connectivity index (χ4n) is 2.02. The highest BCUT2D eigenvalue weighted by Crippen LogP contribution is 2.47. The van der Waals surface area contributed by atoms with Gasteiger partial charge >= 0.3 is 7.60 Å². The number of rotatable bonds is 9. The zero-order valence-electron chi connectivity index (χ0n) is 13.0. The second kappa shape index (κ2) is 7.69. The molecule has 0 unspecified atom stereocenters. The highest BCUT2D eigenvalue weighted by molar-refractivity contribution is 7.53. The molecule has 2 heterocycles. The summed E-state index contributed by atoms with van der Waals surface area (Å²) in [5, 5.41) is 0. The molecule has 0 atom stereocenters. The van der Waals surface area contributed by atoms with Crippen LogP contribution in [0.15, 0.2) is 11.1 Å². The molecule has 0 aliphatic rings. The molecule has 2 aromatic heterocycles. The Hall–Kier alpha value is -1.74. The van der Waals surface area contributed by atoms with Crippen molar-refractivity contribution in [1.82, 2.24) is 19.5 Å². The van der Waals surface area contributed by atoms with Crippen molar-refractivity contribution in [3.63, 3.8) is 0 Å². The first kappa shape index (κ1) is 17.6. The lowest BCUT2D eigenvalue weighted by atomic mass is 10.5. The lowest BCUT2D eigenvalue weighted by Crippen LogP contribution is -2.16. The third-order valence-electron chi connectivity index (χ3n) is 2.88. The molecule has 128 valence electrons. The Morgan fingerprint density at radius 3 is 2.70 bits per heavy atom. The Balaban J connectivity index is 1.97. The summed E-state index contributed by atoms with van der Waals surface area (Å²) in [6.07, 6.45) is 1.32. The van der Waals surface area contributed by atoms with Crippen LogP contribution in [0.4, 0.5) is 5.95 Å². The number of nitrogens with two attached hydrogens (primary N) is 1. The van der Waals surface area contributed by atoms with Gasteiger partial charge in [0.05, 0.1) is 26.1 Å². The van der Waals surface area contributed by atoms with Crippen LogP contribution in [0.25, 0.3) is 11.2 Å². The van der Waals surface area contributed by atoms with Crippen molar-refractivity contribution in [2.45, 2.75) is 20.4 Å². The van der Waals surface area contributed by atoms with E-state index in [0.29, 0.717) is 12.1 Å². The summed E-state index contributed by atoms with van der Waals surface area (Å²) >= 11 is 0. The molecule has 0 aromatic carbocycles. The van der Waals surface area contributed by atoms with E-state index in [2.05, 4.69) is 15.0 Å². The second-order valence-electron chi connectivity index (χ2n) is 4.55. The topological polar surface area (TPSA) is 134 Å². The quantitative estimate of drug-likeness (QED) is 0.506. The molecular weight excluding hydrogens is 325 g/mol. The van der Waals surface area contributed by atoms with Crippen LogP contribution in [0.2, 0.25) is 0 Å². The number of nitrogens with zero attached hydrogens (tertiary/aromatic N) is 3. The molecule has 0 aliphatic heterocycles. The first-order chi connectivity index (χ1) is 11.0. The van der Waals surface area contributed by atoms with E-state index >= 15 is 0 Å². The van der Waals surface area contributed by atoms with E-state index in [-0.39, 0.29) is 43.3 Å². The van der Waals surface area contributed by atoms with Crippen molar-refractivity contribution in [3.8, 4) is 0 Å². The number of ether oxygens (including phenoxy) is 1. The fraction of sp³-hybridized carbons (Fsp3) is 0.583. The number of fused-ring (bicyclic) bond motifs is 1. The molecule has 2 rings (SSSR count). The van der Waals surface area contributed by atoms with E-state index in [1.54, 1.807) is 18.4 Å². The van der Waals surface area contributed by atoms with Gasteiger partial charge in [-0.15, -0.1) is 0 Å². The standard InChI is InChI=1S/C12H20N5O5P/c1-3-21-23(19,22-4-2)8-20-6-5-17-7-14-10-9(17)11(18)16-12(13)15-10/h7H,3-6,8H2,1-2H3,(H3,13,15,16,18). The summed E-state index contributed by atoms with van der Waals surface area (Å²) in [6, 6.07) is 0. The molecule has 0 aliphatic carbocycles. The molecule has 0 saturated carbocycles. The molecule has 3 N–H and O–H groups in total. The smallest absolute Gasteiger partial charge is 0.356 e. The van der Waals surface area contributed by atoms with Gasteiger partial charge in [-0.1, -0.05) is 0 Å². The van der Waals surface area contributed by atoms with Crippen molar-refractivity contribution in [1.29, 1.82) is 0 Å². The van der Waals surface area contributed by atoms with Gasteiger partial charge in [-0.05, 0) is 13.8 Å². The van der Waals surface area contributed by atoms with Gasteiger partial charge in [0.25, 0.3) is 5.56 Å². The van der Waals surface area contributed by atoms with Crippen LogP contribution in [-0.2, 0) is 24.9 Å². The third kappa shape index (κ3) is 4.38. The Labute approximate surface area is 132 Å². The maximum Gasteiger partial charge on any atom is 0.356 e. The maximum absolute atomic E-state index is 12.2. The molecule has 10 nitrogen and oxygen atoms in total. The largest absolute Gasteiger partial charge is 0.369 e. The number of H-pyrrole nitrogens is 1. The lowest BCUT2D eigenvalue weighted by Gasteiger charge is -2.16. The zero-order valence-corrected chi connectivity index (χ0v) is 13.9. The molecule has 0 fully saturated rings. The zero-order chi connectivity index (χ0) is 16.9. The van der Waals surface area contributed by atoms with Gasteiger partial charge in [0, 0.05) is 6.54 Å². The van der Waals surface area contributed by atoms with Crippen LogP contribution in [0.1, 0.15) is 13.8 Å². The van der Waals surface area contributed by atoms with Crippen LogP contribution in [0, 0.1) is 0 Å². The number of hydrogen-bond acceptors (Lipinski definition) is 8. The van der Waals surface area contributed by atoms with E-state index in [9.17, 15) is 9.36 Å². The average Bonchev–Trinajstić information content (AvgIpc) is 2.87. The minimum absolute atomic E-state index is 0.0124. The molecule has 0 bridgehead atoms. The van der Waals surface area contributed by atoms with Gasteiger partial charge < -0.3 is 24.1 Å². The minimum atomic E-state index is -3.23. The molecular formula is C12H20N5O5P. The summed E-state index contributed by atoms with van der Waals surface area (Å²) in [5.74, 6) is 0.0124. The number of nitrogen functional groups attached to an aromatic ring is 1.